The van der Waals surface area contributed by atoms with Crippen molar-refractivity contribution in [1.82, 2.24) is 20.2 Å². The van der Waals surface area contributed by atoms with Crippen molar-refractivity contribution in [3.63, 3.8) is 0 Å². The molecule has 1 amide bonds. The first-order valence-corrected chi connectivity index (χ1v) is 9.68. The molecule has 0 bridgehead atoms. The number of anilines is 1. The van der Waals surface area contributed by atoms with Crippen LogP contribution in [0, 0.1) is 25.2 Å². The highest BCUT2D eigenvalue weighted by atomic mass is 35.5. The number of amides is 1. The number of carbonyl (C=O) groups excluding carboxylic acids is 1. The molecule has 0 fully saturated rings. The summed E-state index contributed by atoms with van der Waals surface area (Å²) in [5.74, 6) is -0.221. The number of tetrazole rings is 1. The number of thioether (sulfide) groups is 1. The second-order valence-electron chi connectivity index (χ2n) is 6.17. The first kappa shape index (κ1) is 19.9. The zero-order chi connectivity index (χ0) is 20.3. The first-order chi connectivity index (χ1) is 13.4. The molecule has 1 heterocycles. The number of rotatable bonds is 5. The third-order valence-electron chi connectivity index (χ3n) is 4.10. The van der Waals surface area contributed by atoms with Crippen LogP contribution in [0.3, 0.4) is 0 Å². The minimum absolute atomic E-state index is 0.221. The summed E-state index contributed by atoms with van der Waals surface area (Å²) in [6.45, 7) is 5.75. The molecule has 7 nitrogen and oxygen atoms in total. The average Bonchev–Trinajstić information content (AvgIpc) is 3.09. The maximum atomic E-state index is 12.6. The quantitative estimate of drug-likeness (QED) is 0.638. The van der Waals surface area contributed by atoms with E-state index < -0.39 is 5.25 Å². The van der Waals surface area contributed by atoms with Gasteiger partial charge in [0.05, 0.1) is 21.5 Å². The van der Waals surface area contributed by atoms with Gasteiger partial charge in [-0.25, -0.2) is 0 Å². The van der Waals surface area contributed by atoms with Crippen LogP contribution in [-0.2, 0) is 4.79 Å². The Balaban J connectivity index is 1.76. The van der Waals surface area contributed by atoms with Crippen LogP contribution < -0.4 is 5.32 Å². The first-order valence-electron chi connectivity index (χ1n) is 8.43. The largest absolute Gasteiger partial charge is 0.325 e. The predicted molar refractivity (Wildman–Crippen MR) is 109 cm³/mol. The van der Waals surface area contributed by atoms with Crippen LogP contribution in [0.5, 0.6) is 0 Å². The van der Waals surface area contributed by atoms with Gasteiger partial charge in [0, 0.05) is 5.69 Å². The normalized spacial score (nSPS) is 11.7. The number of benzene rings is 2. The number of aromatic nitrogens is 4. The van der Waals surface area contributed by atoms with Crippen LogP contribution in [0.25, 0.3) is 5.69 Å². The molecular formula is C19H17ClN6OS. The highest BCUT2D eigenvalue weighted by Gasteiger charge is 2.21. The Hall–Kier alpha value is -2.89. The number of nitrogens with one attached hydrogen (secondary N) is 1. The molecule has 142 valence electrons. The lowest BCUT2D eigenvalue weighted by atomic mass is 10.1. The molecule has 0 aliphatic carbocycles. The van der Waals surface area contributed by atoms with E-state index in [1.807, 2.05) is 38.1 Å². The summed E-state index contributed by atoms with van der Waals surface area (Å²) < 4.78 is 1.65. The van der Waals surface area contributed by atoms with Crippen LogP contribution >= 0.6 is 23.4 Å². The maximum Gasteiger partial charge on any atom is 0.237 e. The summed E-state index contributed by atoms with van der Waals surface area (Å²) in [4.78, 5) is 12.6. The molecule has 1 atom stereocenters. The fraction of sp³-hybridized carbons (Fsp3) is 0.211. The van der Waals surface area contributed by atoms with Crippen molar-refractivity contribution in [2.24, 2.45) is 0 Å². The van der Waals surface area contributed by atoms with Crippen LogP contribution in [0.15, 0.2) is 41.6 Å². The highest BCUT2D eigenvalue weighted by Crippen LogP contribution is 2.27. The smallest absolute Gasteiger partial charge is 0.237 e. The third kappa shape index (κ3) is 4.16. The summed E-state index contributed by atoms with van der Waals surface area (Å²) in [5, 5.41) is 24.0. The molecule has 1 aromatic heterocycles. The van der Waals surface area contributed by atoms with Gasteiger partial charge in [0.2, 0.25) is 11.1 Å². The van der Waals surface area contributed by atoms with Gasteiger partial charge >= 0.3 is 0 Å². The van der Waals surface area contributed by atoms with Crippen molar-refractivity contribution < 1.29 is 4.79 Å². The Morgan fingerprint density at radius 3 is 2.64 bits per heavy atom. The van der Waals surface area contributed by atoms with E-state index in [4.69, 9.17) is 16.9 Å². The van der Waals surface area contributed by atoms with E-state index in [1.54, 1.807) is 29.8 Å². The average molecular weight is 413 g/mol. The third-order valence-corrected chi connectivity index (χ3v) is 5.45. The van der Waals surface area contributed by atoms with Gasteiger partial charge in [-0.1, -0.05) is 41.6 Å². The van der Waals surface area contributed by atoms with E-state index in [-0.39, 0.29) is 5.91 Å². The molecule has 3 aromatic rings. The lowest BCUT2D eigenvalue weighted by Gasteiger charge is -2.14. The molecule has 0 unspecified atom stereocenters. The van der Waals surface area contributed by atoms with E-state index in [2.05, 4.69) is 20.8 Å². The van der Waals surface area contributed by atoms with Gasteiger partial charge in [0.25, 0.3) is 0 Å². The molecule has 28 heavy (non-hydrogen) atoms. The Labute approximate surface area is 171 Å². The zero-order valence-electron chi connectivity index (χ0n) is 15.5. The van der Waals surface area contributed by atoms with E-state index >= 15 is 0 Å². The number of carbonyl (C=O) groups is 1. The Morgan fingerprint density at radius 1 is 1.29 bits per heavy atom. The fourth-order valence-electron chi connectivity index (χ4n) is 2.67. The van der Waals surface area contributed by atoms with Gasteiger partial charge in [-0.3, -0.25) is 4.79 Å². The van der Waals surface area contributed by atoms with Crippen molar-refractivity contribution in [3.05, 3.63) is 58.1 Å². The zero-order valence-corrected chi connectivity index (χ0v) is 17.0. The van der Waals surface area contributed by atoms with Gasteiger partial charge in [0.1, 0.15) is 6.07 Å². The number of hydrogen-bond donors (Lipinski definition) is 1. The second kappa shape index (κ2) is 8.42. The van der Waals surface area contributed by atoms with Crippen molar-refractivity contribution in [1.29, 1.82) is 5.26 Å². The van der Waals surface area contributed by atoms with Gasteiger partial charge in [-0.15, -0.1) is 5.10 Å². The minimum atomic E-state index is -0.455. The van der Waals surface area contributed by atoms with Gasteiger partial charge in [0.15, 0.2) is 0 Å². The molecule has 0 aliphatic rings. The van der Waals surface area contributed by atoms with E-state index in [9.17, 15) is 4.79 Å². The van der Waals surface area contributed by atoms with Crippen molar-refractivity contribution >= 4 is 35.0 Å². The molecule has 2 aromatic carbocycles. The number of nitriles is 1. The van der Waals surface area contributed by atoms with Crippen molar-refractivity contribution in [3.8, 4) is 11.8 Å². The SMILES string of the molecule is Cc1cccc(C)c1-n1nnnc1S[C@H](C)C(=O)Nc1ccc(C#N)c(Cl)c1. The molecule has 0 spiro atoms. The Kier molecular flexibility index (Phi) is 5.97. The summed E-state index contributed by atoms with van der Waals surface area (Å²) in [6.07, 6.45) is 0. The lowest BCUT2D eigenvalue weighted by molar-refractivity contribution is -0.115. The predicted octanol–water partition coefficient (Wildman–Crippen LogP) is 3.92. The standard InChI is InChI=1S/C19H17ClN6OS/c1-11-5-4-6-12(2)17(11)26-19(23-24-25-26)28-13(3)18(27)22-15-8-7-14(10-21)16(20)9-15/h4-9,13H,1-3H3,(H,22,27)/t13-/m1/s1. The van der Waals surface area contributed by atoms with Crippen molar-refractivity contribution in [2.75, 3.05) is 5.32 Å². The Bertz CT molecular complexity index is 1050. The van der Waals surface area contributed by atoms with E-state index in [0.29, 0.717) is 21.4 Å². The highest BCUT2D eigenvalue weighted by molar-refractivity contribution is 8.00. The number of aryl methyl sites for hydroxylation is 2. The number of hydrogen-bond acceptors (Lipinski definition) is 6. The second-order valence-corrected chi connectivity index (χ2v) is 7.88. The molecule has 1 N–H and O–H groups in total. The summed E-state index contributed by atoms with van der Waals surface area (Å²) in [7, 11) is 0. The van der Waals surface area contributed by atoms with Gasteiger partial charge < -0.3 is 5.32 Å². The summed E-state index contributed by atoms with van der Waals surface area (Å²) in [6, 6.07) is 12.7. The van der Waals surface area contributed by atoms with E-state index in [1.165, 1.54) is 11.8 Å². The molecule has 9 heteroatoms. The summed E-state index contributed by atoms with van der Waals surface area (Å²) in [5.41, 5.74) is 3.86. The van der Waals surface area contributed by atoms with Crippen LogP contribution in [0.2, 0.25) is 5.02 Å². The monoisotopic (exact) mass is 412 g/mol. The van der Waals surface area contributed by atoms with E-state index in [0.717, 1.165) is 16.8 Å². The summed E-state index contributed by atoms with van der Waals surface area (Å²) >= 11 is 7.27. The van der Waals surface area contributed by atoms with Gasteiger partial charge in [-0.05, 0) is 60.5 Å². The molecule has 0 saturated carbocycles. The van der Waals surface area contributed by atoms with Gasteiger partial charge in [-0.2, -0.15) is 9.94 Å². The van der Waals surface area contributed by atoms with Crippen molar-refractivity contribution in [2.45, 2.75) is 31.2 Å². The number of para-hydroxylation sites is 1. The van der Waals surface area contributed by atoms with Crippen LogP contribution in [0.4, 0.5) is 5.69 Å². The molecular weight excluding hydrogens is 396 g/mol. The fourth-order valence-corrected chi connectivity index (χ4v) is 3.69. The van der Waals surface area contributed by atoms with Crippen LogP contribution in [0.1, 0.15) is 23.6 Å². The molecule has 0 aliphatic heterocycles. The Morgan fingerprint density at radius 2 is 2.00 bits per heavy atom. The maximum absolute atomic E-state index is 12.6. The molecule has 3 rings (SSSR count). The number of halogens is 1. The number of nitrogens with zero attached hydrogens (tertiary/aromatic N) is 5. The molecule has 0 saturated heterocycles. The van der Waals surface area contributed by atoms with Crippen LogP contribution in [-0.4, -0.2) is 31.4 Å². The topological polar surface area (TPSA) is 96.5 Å². The lowest BCUT2D eigenvalue weighted by Crippen LogP contribution is -2.23. The molecule has 0 radical (unpaired) electrons. The minimum Gasteiger partial charge on any atom is -0.325 e.